The molecule has 0 radical (unpaired) electrons. The molecular weight excluding hydrogens is 322 g/mol. The maximum Gasteiger partial charge on any atom is 0.267 e. The van der Waals surface area contributed by atoms with Crippen molar-refractivity contribution in [3.05, 3.63) is 36.4 Å². The molecule has 132 valence electrons. The monoisotopic (exact) mass is 343 g/mol. The summed E-state index contributed by atoms with van der Waals surface area (Å²) < 4.78 is 10.9. The lowest BCUT2D eigenvalue weighted by Crippen LogP contribution is -2.36. The second kappa shape index (κ2) is 7.78. The van der Waals surface area contributed by atoms with E-state index in [1.807, 2.05) is 0 Å². The first kappa shape index (κ1) is 16.9. The number of pyridine rings is 1. The molecule has 3 rings (SSSR count). The summed E-state index contributed by atoms with van der Waals surface area (Å²) in [6, 6.07) is 3.30. The van der Waals surface area contributed by atoms with Gasteiger partial charge in [-0.1, -0.05) is 0 Å². The summed E-state index contributed by atoms with van der Waals surface area (Å²) in [7, 11) is 1.60. The molecule has 0 spiro atoms. The Hall–Kier alpha value is -2.90. The van der Waals surface area contributed by atoms with Crippen molar-refractivity contribution in [1.29, 1.82) is 0 Å². The van der Waals surface area contributed by atoms with E-state index >= 15 is 0 Å². The van der Waals surface area contributed by atoms with Crippen molar-refractivity contribution in [3.8, 4) is 11.5 Å². The predicted octanol–water partition coefficient (Wildman–Crippen LogP) is 1.27. The van der Waals surface area contributed by atoms with Gasteiger partial charge >= 0.3 is 0 Å². The highest BCUT2D eigenvalue weighted by molar-refractivity contribution is 5.91. The number of primary amides is 1. The fraction of sp³-hybridized carbons (Fsp3) is 0.412. The molecule has 2 N–H and O–H groups in total. The third-order valence-corrected chi connectivity index (χ3v) is 4.22. The maximum absolute atomic E-state index is 11.1. The van der Waals surface area contributed by atoms with Gasteiger partial charge in [0.1, 0.15) is 11.4 Å². The minimum absolute atomic E-state index is 0.212. The first-order valence-corrected chi connectivity index (χ1v) is 8.15. The van der Waals surface area contributed by atoms with Crippen LogP contribution in [-0.4, -0.2) is 47.7 Å². The fourth-order valence-corrected chi connectivity index (χ4v) is 2.73. The van der Waals surface area contributed by atoms with Gasteiger partial charge in [0.2, 0.25) is 5.95 Å². The molecule has 0 atom stereocenters. The topological polar surface area (TPSA) is 103 Å². The first-order valence-electron chi connectivity index (χ1n) is 8.15. The molecule has 2 aromatic rings. The summed E-state index contributed by atoms with van der Waals surface area (Å²) in [5, 5.41) is 0. The number of rotatable bonds is 6. The van der Waals surface area contributed by atoms with E-state index < -0.39 is 5.91 Å². The Morgan fingerprint density at radius 3 is 2.60 bits per heavy atom. The molecule has 25 heavy (non-hydrogen) atoms. The summed E-state index contributed by atoms with van der Waals surface area (Å²) >= 11 is 0. The number of carbonyl (C=O) groups excluding carboxylic acids is 1. The highest BCUT2D eigenvalue weighted by Gasteiger charge is 2.21. The number of aromatic nitrogens is 3. The van der Waals surface area contributed by atoms with E-state index in [9.17, 15) is 4.79 Å². The molecule has 1 aliphatic rings. The third kappa shape index (κ3) is 4.34. The normalized spacial score (nSPS) is 15.0. The van der Waals surface area contributed by atoms with Gasteiger partial charge in [0, 0.05) is 25.4 Å². The first-order chi connectivity index (χ1) is 12.2. The van der Waals surface area contributed by atoms with Gasteiger partial charge in [-0.2, -0.15) is 0 Å². The van der Waals surface area contributed by atoms with Crippen LogP contribution in [0.15, 0.2) is 30.7 Å². The minimum Gasteiger partial charge on any atom is -0.494 e. The number of anilines is 1. The van der Waals surface area contributed by atoms with E-state index in [2.05, 4.69) is 19.9 Å². The molecule has 1 fully saturated rings. The average molecular weight is 343 g/mol. The van der Waals surface area contributed by atoms with E-state index in [-0.39, 0.29) is 5.69 Å². The Morgan fingerprint density at radius 2 is 1.96 bits per heavy atom. The molecule has 1 aliphatic heterocycles. The molecule has 8 heteroatoms. The number of hydrogen-bond donors (Lipinski definition) is 1. The Bertz CT molecular complexity index is 714. The number of hydrogen-bond acceptors (Lipinski definition) is 7. The molecule has 0 aliphatic carbocycles. The highest BCUT2D eigenvalue weighted by Crippen LogP contribution is 2.22. The maximum atomic E-state index is 11.1. The van der Waals surface area contributed by atoms with Crippen LogP contribution in [0, 0.1) is 5.92 Å². The number of piperidine rings is 1. The lowest BCUT2D eigenvalue weighted by molar-refractivity contribution is 0.0995. The van der Waals surface area contributed by atoms with Crippen molar-refractivity contribution in [1.82, 2.24) is 15.0 Å². The van der Waals surface area contributed by atoms with Crippen molar-refractivity contribution in [2.45, 2.75) is 12.8 Å². The molecule has 0 saturated carbocycles. The quantitative estimate of drug-likeness (QED) is 0.842. The van der Waals surface area contributed by atoms with Crippen LogP contribution in [0.2, 0.25) is 0 Å². The number of ether oxygens (including phenoxy) is 2. The summed E-state index contributed by atoms with van der Waals surface area (Å²) in [5.74, 6) is 1.88. The Balaban J connectivity index is 1.49. The number of nitrogens with zero attached hydrogens (tertiary/aromatic N) is 4. The number of amides is 1. The van der Waals surface area contributed by atoms with Crippen LogP contribution >= 0.6 is 0 Å². The third-order valence-electron chi connectivity index (χ3n) is 4.22. The SMILES string of the molecule is COc1cnc(N2CCC(COc3ccnc(C(N)=O)c3)CC2)nc1. The zero-order chi connectivity index (χ0) is 17.6. The smallest absolute Gasteiger partial charge is 0.267 e. The van der Waals surface area contributed by atoms with Gasteiger partial charge in [0.05, 0.1) is 26.1 Å². The molecule has 0 bridgehead atoms. The Morgan fingerprint density at radius 1 is 1.24 bits per heavy atom. The number of carbonyl (C=O) groups is 1. The number of nitrogens with two attached hydrogens (primary N) is 1. The minimum atomic E-state index is -0.557. The van der Waals surface area contributed by atoms with Gasteiger partial charge < -0.3 is 20.1 Å². The van der Waals surface area contributed by atoms with Crippen LogP contribution in [0.1, 0.15) is 23.3 Å². The fourth-order valence-electron chi connectivity index (χ4n) is 2.73. The van der Waals surface area contributed by atoms with Gasteiger partial charge in [-0.15, -0.1) is 0 Å². The predicted molar refractivity (Wildman–Crippen MR) is 91.8 cm³/mol. The van der Waals surface area contributed by atoms with Crippen LogP contribution < -0.4 is 20.1 Å². The standard InChI is InChI=1S/C17H21N5O3/c1-24-14-9-20-17(21-10-14)22-6-3-12(4-7-22)11-25-13-2-5-19-15(8-13)16(18)23/h2,5,8-10,12H,3-4,6-7,11H2,1H3,(H2,18,23). The molecule has 0 aromatic carbocycles. The van der Waals surface area contributed by atoms with Crippen LogP contribution in [0.3, 0.4) is 0 Å². The van der Waals surface area contributed by atoms with Gasteiger partial charge in [0.25, 0.3) is 5.91 Å². The summed E-state index contributed by atoms with van der Waals surface area (Å²) in [5.41, 5.74) is 5.44. The van der Waals surface area contributed by atoms with Crippen molar-refractivity contribution < 1.29 is 14.3 Å². The summed E-state index contributed by atoms with van der Waals surface area (Å²) in [4.78, 5) is 25.9. The average Bonchev–Trinajstić information content (AvgIpc) is 2.67. The second-order valence-corrected chi connectivity index (χ2v) is 5.91. The largest absolute Gasteiger partial charge is 0.494 e. The van der Waals surface area contributed by atoms with Gasteiger partial charge in [-0.25, -0.2) is 9.97 Å². The van der Waals surface area contributed by atoms with Crippen molar-refractivity contribution in [2.24, 2.45) is 11.7 Å². The molecule has 8 nitrogen and oxygen atoms in total. The van der Waals surface area contributed by atoms with Crippen molar-refractivity contribution >= 4 is 11.9 Å². The van der Waals surface area contributed by atoms with Gasteiger partial charge in [-0.3, -0.25) is 9.78 Å². The number of methoxy groups -OCH3 is 1. The Kier molecular flexibility index (Phi) is 5.27. The summed E-state index contributed by atoms with van der Waals surface area (Å²) in [6.45, 7) is 2.35. The zero-order valence-electron chi connectivity index (χ0n) is 14.1. The van der Waals surface area contributed by atoms with Crippen LogP contribution in [0.25, 0.3) is 0 Å². The molecule has 1 amide bonds. The van der Waals surface area contributed by atoms with Crippen molar-refractivity contribution in [2.75, 3.05) is 31.7 Å². The van der Waals surface area contributed by atoms with E-state index in [0.29, 0.717) is 24.0 Å². The van der Waals surface area contributed by atoms with Crippen LogP contribution in [0.4, 0.5) is 5.95 Å². The van der Waals surface area contributed by atoms with E-state index in [0.717, 1.165) is 31.9 Å². The second-order valence-electron chi connectivity index (χ2n) is 5.91. The van der Waals surface area contributed by atoms with E-state index in [4.69, 9.17) is 15.2 Å². The van der Waals surface area contributed by atoms with Gasteiger partial charge in [0.15, 0.2) is 5.75 Å². The summed E-state index contributed by atoms with van der Waals surface area (Å²) in [6.07, 6.45) is 6.86. The lowest BCUT2D eigenvalue weighted by atomic mass is 9.98. The molecule has 3 heterocycles. The van der Waals surface area contributed by atoms with Crippen molar-refractivity contribution in [3.63, 3.8) is 0 Å². The molecule has 2 aromatic heterocycles. The van der Waals surface area contributed by atoms with Gasteiger partial charge in [-0.05, 0) is 24.8 Å². The van der Waals surface area contributed by atoms with E-state index in [1.54, 1.807) is 31.6 Å². The lowest BCUT2D eigenvalue weighted by Gasteiger charge is -2.31. The van der Waals surface area contributed by atoms with Crippen LogP contribution in [0.5, 0.6) is 11.5 Å². The molecular formula is C17H21N5O3. The molecule has 1 saturated heterocycles. The molecule has 0 unspecified atom stereocenters. The highest BCUT2D eigenvalue weighted by atomic mass is 16.5. The van der Waals surface area contributed by atoms with Crippen LogP contribution in [-0.2, 0) is 0 Å². The Labute approximate surface area is 146 Å². The van der Waals surface area contributed by atoms with E-state index in [1.165, 1.54) is 6.20 Å². The zero-order valence-corrected chi connectivity index (χ0v) is 14.1.